The van der Waals surface area contributed by atoms with Crippen LogP contribution in [-0.4, -0.2) is 39.8 Å². The smallest absolute Gasteiger partial charge is 0.378 e. The highest BCUT2D eigenvalue weighted by atomic mass is 35.5. The number of carbonyl (C=O) groups excluding carboxylic acids is 1. The van der Waals surface area contributed by atoms with E-state index in [0.717, 1.165) is 34.1 Å². The molecule has 0 atom stereocenters. The number of nitrogens with zero attached hydrogens (tertiary/aromatic N) is 4. The van der Waals surface area contributed by atoms with Gasteiger partial charge < -0.3 is 10.5 Å². The summed E-state index contributed by atoms with van der Waals surface area (Å²) in [6, 6.07) is 7.30. The number of ether oxygens (including phenoxy) is 1. The molecule has 0 saturated heterocycles. The number of halogens is 6. The number of aryl methyl sites for hydroxylation is 2. The summed E-state index contributed by atoms with van der Waals surface area (Å²) in [5.41, 5.74) is 6.91. The highest BCUT2D eigenvalue weighted by Crippen LogP contribution is 2.39. The molecule has 3 aromatic rings. The first-order valence-electron chi connectivity index (χ1n) is 11.3. The van der Waals surface area contributed by atoms with E-state index in [2.05, 4.69) is 12.0 Å². The Morgan fingerprint density at radius 1 is 1.23 bits per heavy atom. The summed E-state index contributed by atoms with van der Waals surface area (Å²) < 4.78 is 44.0. The van der Waals surface area contributed by atoms with Gasteiger partial charge in [0.2, 0.25) is 11.7 Å². The molecule has 2 N–H and O–H groups in total. The average molecular weight is 611 g/mol. The summed E-state index contributed by atoms with van der Waals surface area (Å²) in [6.07, 6.45) is -2.91. The van der Waals surface area contributed by atoms with E-state index >= 15 is 0 Å². The van der Waals surface area contributed by atoms with Crippen molar-refractivity contribution in [3.05, 3.63) is 73.4 Å². The maximum absolute atomic E-state index is 12.6. The highest BCUT2D eigenvalue weighted by molar-refractivity contribution is 6.38. The van der Waals surface area contributed by atoms with Gasteiger partial charge >= 0.3 is 11.9 Å². The van der Waals surface area contributed by atoms with E-state index in [9.17, 15) is 28.1 Å². The Balaban J connectivity index is 0.000000277. The standard InChI is InChI=1S/C14H20ClNO2.C10H5Cl2F3N4O2/c1-4-12-8-6-7-11(3)14(12)16(10-18-5-2)13(17)9-15;11-5-1-4(10(13,14)15)2-6(12)8(5)18-9(16)7(3-17-18)19(20)21/h6-8H,4-5,9-10H2,1-3H3;1-3H,16H2. The molecule has 212 valence electrons. The molecule has 0 aliphatic rings. The number of para-hydroxylation sites is 1. The zero-order valence-corrected chi connectivity index (χ0v) is 23.3. The summed E-state index contributed by atoms with van der Waals surface area (Å²) in [4.78, 5) is 23.5. The van der Waals surface area contributed by atoms with Gasteiger partial charge in [-0.15, -0.1) is 11.6 Å². The van der Waals surface area contributed by atoms with Crippen molar-refractivity contribution in [2.45, 2.75) is 33.4 Å². The van der Waals surface area contributed by atoms with Crippen LogP contribution in [0, 0.1) is 17.0 Å². The molecule has 0 radical (unpaired) electrons. The van der Waals surface area contributed by atoms with Crippen molar-refractivity contribution in [3.63, 3.8) is 0 Å². The first-order chi connectivity index (χ1) is 18.3. The molecule has 0 fully saturated rings. The van der Waals surface area contributed by atoms with Crippen LogP contribution in [0.15, 0.2) is 36.5 Å². The molecule has 2 aromatic carbocycles. The van der Waals surface area contributed by atoms with Crippen LogP contribution in [-0.2, 0) is 22.1 Å². The highest BCUT2D eigenvalue weighted by Gasteiger charge is 2.33. The summed E-state index contributed by atoms with van der Waals surface area (Å²) >= 11 is 17.2. The minimum Gasteiger partial charge on any atom is -0.378 e. The Labute approximate surface area is 237 Å². The maximum Gasteiger partial charge on any atom is 0.416 e. The molecule has 0 saturated carbocycles. The predicted octanol–water partition coefficient (Wildman–Crippen LogP) is 6.81. The fourth-order valence-electron chi connectivity index (χ4n) is 3.51. The van der Waals surface area contributed by atoms with Gasteiger partial charge in [0.1, 0.15) is 24.5 Å². The lowest BCUT2D eigenvalue weighted by atomic mass is 10.0. The minimum atomic E-state index is -4.63. The second kappa shape index (κ2) is 13.8. The second-order valence-corrected chi connectivity index (χ2v) is 8.97. The zero-order valence-electron chi connectivity index (χ0n) is 21.1. The molecule has 15 heteroatoms. The SMILES string of the molecule is CCOCN(C(=O)CCl)c1c(C)cccc1CC.Nc1c([N+](=O)[O-])cnn1-c1c(Cl)cc(C(F)(F)F)cc1Cl. The number of aromatic nitrogens is 2. The van der Waals surface area contributed by atoms with Crippen LogP contribution in [0.25, 0.3) is 5.69 Å². The van der Waals surface area contributed by atoms with E-state index in [-0.39, 0.29) is 34.3 Å². The van der Waals surface area contributed by atoms with Gasteiger partial charge in [0, 0.05) is 6.61 Å². The van der Waals surface area contributed by atoms with Gasteiger partial charge in [-0.1, -0.05) is 48.3 Å². The Morgan fingerprint density at radius 2 is 1.85 bits per heavy atom. The summed E-state index contributed by atoms with van der Waals surface area (Å²) in [5.74, 6) is -0.567. The van der Waals surface area contributed by atoms with Crippen molar-refractivity contribution in [1.29, 1.82) is 0 Å². The number of carbonyl (C=O) groups is 1. The summed E-state index contributed by atoms with van der Waals surface area (Å²) in [7, 11) is 0. The van der Waals surface area contributed by atoms with Crippen LogP contribution in [0.1, 0.15) is 30.5 Å². The normalized spacial score (nSPS) is 11.1. The molecular weight excluding hydrogens is 586 g/mol. The van der Waals surface area contributed by atoms with Gasteiger partial charge in [-0.2, -0.15) is 18.3 Å². The molecule has 9 nitrogen and oxygen atoms in total. The lowest BCUT2D eigenvalue weighted by molar-refractivity contribution is -0.383. The Hall–Kier alpha value is -3.06. The molecular formula is C24H25Cl3F3N5O4. The van der Waals surface area contributed by atoms with Crippen LogP contribution in [0.5, 0.6) is 0 Å². The molecule has 0 unspecified atom stereocenters. The Kier molecular flexibility index (Phi) is 11.4. The molecule has 0 aliphatic heterocycles. The minimum absolute atomic E-state index is 0.0371. The lowest BCUT2D eigenvalue weighted by Crippen LogP contribution is -2.35. The van der Waals surface area contributed by atoms with E-state index in [1.54, 1.807) is 4.90 Å². The number of nitrogen functional groups attached to an aromatic ring is 1. The quantitative estimate of drug-likeness (QED) is 0.130. The first-order valence-corrected chi connectivity index (χ1v) is 12.6. The lowest BCUT2D eigenvalue weighted by Gasteiger charge is -2.25. The fourth-order valence-corrected chi connectivity index (χ4v) is 4.30. The van der Waals surface area contributed by atoms with Crippen molar-refractivity contribution in [3.8, 4) is 5.69 Å². The zero-order chi connectivity index (χ0) is 29.5. The van der Waals surface area contributed by atoms with E-state index in [1.165, 1.54) is 0 Å². The number of amides is 1. The molecule has 1 aromatic heterocycles. The van der Waals surface area contributed by atoms with Crippen molar-refractivity contribution in [1.82, 2.24) is 9.78 Å². The molecule has 0 spiro atoms. The van der Waals surface area contributed by atoms with Gasteiger partial charge in [-0.3, -0.25) is 19.8 Å². The number of nitrogens with two attached hydrogens (primary N) is 1. The first kappa shape index (κ1) is 32.2. The van der Waals surface area contributed by atoms with Crippen LogP contribution < -0.4 is 10.6 Å². The Morgan fingerprint density at radius 3 is 2.31 bits per heavy atom. The van der Waals surface area contributed by atoms with Crippen molar-refractivity contribution in [2.24, 2.45) is 0 Å². The summed E-state index contributed by atoms with van der Waals surface area (Å²) in [5, 5.41) is 13.5. The van der Waals surface area contributed by atoms with Crippen LogP contribution >= 0.6 is 34.8 Å². The maximum atomic E-state index is 12.6. The van der Waals surface area contributed by atoms with Gasteiger partial charge in [0.25, 0.3) is 0 Å². The van der Waals surface area contributed by atoms with E-state index in [1.807, 2.05) is 32.0 Å². The van der Waals surface area contributed by atoms with Gasteiger partial charge in [-0.25, -0.2) is 4.68 Å². The number of anilines is 2. The largest absolute Gasteiger partial charge is 0.416 e. The third kappa shape index (κ3) is 7.75. The van der Waals surface area contributed by atoms with Crippen molar-refractivity contribution < 1.29 is 27.6 Å². The number of rotatable bonds is 8. The number of nitro groups is 1. The van der Waals surface area contributed by atoms with Crippen LogP contribution in [0.3, 0.4) is 0 Å². The Bertz CT molecular complexity index is 1310. The number of hydrogen-bond donors (Lipinski definition) is 1. The molecule has 0 bridgehead atoms. The van der Waals surface area contributed by atoms with E-state index in [4.69, 9.17) is 45.3 Å². The molecule has 39 heavy (non-hydrogen) atoms. The van der Waals surface area contributed by atoms with Gasteiger partial charge in [-0.05, 0) is 43.5 Å². The summed E-state index contributed by atoms with van der Waals surface area (Å²) in [6.45, 7) is 6.79. The molecule has 1 heterocycles. The van der Waals surface area contributed by atoms with Crippen LogP contribution in [0.2, 0.25) is 10.0 Å². The molecule has 1 amide bonds. The van der Waals surface area contributed by atoms with Gasteiger partial charge in [0.15, 0.2) is 0 Å². The molecule has 3 rings (SSSR count). The second-order valence-electron chi connectivity index (χ2n) is 7.88. The number of benzene rings is 2. The third-order valence-corrected chi connectivity index (χ3v) is 6.16. The molecule has 0 aliphatic carbocycles. The topological polar surface area (TPSA) is 117 Å². The van der Waals surface area contributed by atoms with E-state index in [0.29, 0.717) is 18.7 Å². The number of alkyl halides is 4. The third-order valence-electron chi connectivity index (χ3n) is 5.35. The van der Waals surface area contributed by atoms with Gasteiger partial charge in [0.05, 0.1) is 26.2 Å². The van der Waals surface area contributed by atoms with Crippen molar-refractivity contribution >= 4 is 57.9 Å². The van der Waals surface area contributed by atoms with Crippen molar-refractivity contribution in [2.75, 3.05) is 29.9 Å². The van der Waals surface area contributed by atoms with E-state index < -0.39 is 28.2 Å². The predicted molar refractivity (Wildman–Crippen MR) is 145 cm³/mol. The van der Waals surface area contributed by atoms with Crippen LogP contribution in [0.4, 0.5) is 30.4 Å². The number of hydrogen-bond acceptors (Lipinski definition) is 6. The fraction of sp³-hybridized carbons (Fsp3) is 0.333. The monoisotopic (exact) mass is 609 g/mol. The average Bonchev–Trinajstić information content (AvgIpc) is 3.25.